The van der Waals surface area contributed by atoms with E-state index in [4.69, 9.17) is 0 Å². The van der Waals surface area contributed by atoms with Crippen molar-refractivity contribution in [2.24, 2.45) is 0 Å². The lowest BCUT2D eigenvalue weighted by molar-refractivity contribution is 0.584. The molecule has 1 nitrogen and oxygen atoms in total. The van der Waals surface area contributed by atoms with Gasteiger partial charge in [0.15, 0.2) is 0 Å². The van der Waals surface area contributed by atoms with E-state index in [-0.39, 0.29) is 11.7 Å². The zero-order valence-corrected chi connectivity index (χ0v) is 10.4. The molecule has 3 heteroatoms. The molecule has 0 aliphatic carbocycles. The van der Waals surface area contributed by atoms with Crippen LogP contribution in [-0.2, 0) is 0 Å². The molecular formula is C15H15F2N. The van der Waals surface area contributed by atoms with Crippen molar-refractivity contribution in [2.45, 2.75) is 19.9 Å². The minimum absolute atomic E-state index is 0.0757. The monoisotopic (exact) mass is 247 g/mol. The Hall–Kier alpha value is -1.90. The van der Waals surface area contributed by atoms with Crippen LogP contribution in [0.1, 0.15) is 24.1 Å². The average molecular weight is 247 g/mol. The van der Waals surface area contributed by atoms with Gasteiger partial charge in [-0.15, -0.1) is 0 Å². The van der Waals surface area contributed by atoms with Crippen molar-refractivity contribution >= 4 is 5.69 Å². The second kappa shape index (κ2) is 5.17. The van der Waals surface area contributed by atoms with Crippen LogP contribution in [0, 0.1) is 18.6 Å². The zero-order chi connectivity index (χ0) is 13.1. The lowest BCUT2D eigenvalue weighted by atomic mass is 10.0. The van der Waals surface area contributed by atoms with Crippen LogP contribution in [0.2, 0.25) is 0 Å². The number of para-hydroxylation sites is 1. The first kappa shape index (κ1) is 12.6. The average Bonchev–Trinajstić information content (AvgIpc) is 2.34. The predicted octanol–water partition coefficient (Wildman–Crippen LogP) is 4.45. The van der Waals surface area contributed by atoms with Gasteiger partial charge in [0, 0.05) is 6.04 Å². The third-order valence-corrected chi connectivity index (χ3v) is 2.98. The molecular weight excluding hydrogens is 232 g/mol. The van der Waals surface area contributed by atoms with E-state index in [0.29, 0.717) is 0 Å². The summed E-state index contributed by atoms with van der Waals surface area (Å²) in [6, 6.07) is 11.5. The molecule has 2 rings (SSSR count). The van der Waals surface area contributed by atoms with E-state index in [1.165, 1.54) is 18.2 Å². The minimum atomic E-state index is -0.574. The summed E-state index contributed by atoms with van der Waals surface area (Å²) in [6.07, 6.45) is 0. The molecule has 1 unspecified atom stereocenters. The third kappa shape index (κ3) is 2.50. The molecule has 1 N–H and O–H groups in total. The second-order valence-corrected chi connectivity index (χ2v) is 4.32. The maximum absolute atomic E-state index is 13.5. The molecule has 0 aliphatic heterocycles. The molecule has 94 valence electrons. The van der Waals surface area contributed by atoms with Crippen LogP contribution in [-0.4, -0.2) is 0 Å². The number of halogens is 2. The van der Waals surface area contributed by atoms with Crippen molar-refractivity contribution < 1.29 is 8.78 Å². The first-order valence-electron chi connectivity index (χ1n) is 5.85. The topological polar surface area (TPSA) is 12.0 Å². The summed E-state index contributed by atoms with van der Waals surface area (Å²) in [5.74, 6) is -1.15. The van der Waals surface area contributed by atoms with Gasteiger partial charge >= 0.3 is 0 Å². The molecule has 0 saturated carbocycles. The maximum Gasteiger partial charge on any atom is 0.149 e. The number of rotatable bonds is 3. The Morgan fingerprint density at radius 2 is 1.56 bits per heavy atom. The summed E-state index contributed by atoms with van der Waals surface area (Å²) in [7, 11) is 0. The number of hydrogen-bond acceptors (Lipinski definition) is 1. The van der Waals surface area contributed by atoms with E-state index in [0.717, 1.165) is 11.1 Å². The van der Waals surface area contributed by atoms with Crippen LogP contribution in [0.4, 0.5) is 14.5 Å². The molecule has 0 saturated heterocycles. The van der Waals surface area contributed by atoms with Gasteiger partial charge in [-0.3, -0.25) is 0 Å². The molecule has 0 fully saturated rings. The Morgan fingerprint density at radius 3 is 2.17 bits per heavy atom. The van der Waals surface area contributed by atoms with Gasteiger partial charge in [0.05, 0.1) is 0 Å². The number of benzene rings is 2. The van der Waals surface area contributed by atoms with Crippen molar-refractivity contribution in [3.05, 3.63) is 65.2 Å². The van der Waals surface area contributed by atoms with Crippen molar-refractivity contribution in [1.29, 1.82) is 0 Å². The number of nitrogens with one attached hydrogen (secondary N) is 1. The van der Waals surface area contributed by atoms with Crippen molar-refractivity contribution in [2.75, 3.05) is 5.32 Å². The van der Waals surface area contributed by atoms with Gasteiger partial charge in [-0.05, 0) is 37.1 Å². The van der Waals surface area contributed by atoms with Crippen LogP contribution in [0.25, 0.3) is 0 Å². The van der Waals surface area contributed by atoms with Gasteiger partial charge in [-0.2, -0.15) is 0 Å². The van der Waals surface area contributed by atoms with E-state index in [9.17, 15) is 8.78 Å². The third-order valence-electron chi connectivity index (χ3n) is 2.98. The van der Waals surface area contributed by atoms with Crippen molar-refractivity contribution in [3.8, 4) is 0 Å². The molecule has 0 bridgehead atoms. The van der Waals surface area contributed by atoms with E-state index < -0.39 is 11.6 Å². The normalized spacial score (nSPS) is 12.2. The second-order valence-electron chi connectivity index (χ2n) is 4.32. The molecule has 0 aliphatic rings. The Kier molecular flexibility index (Phi) is 3.60. The molecule has 0 radical (unpaired) electrons. The van der Waals surface area contributed by atoms with Crippen molar-refractivity contribution in [1.82, 2.24) is 0 Å². The van der Waals surface area contributed by atoms with Crippen molar-refractivity contribution in [3.63, 3.8) is 0 Å². The Balaban J connectivity index is 2.27. The summed E-state index contributed by atoms with van der Waals surface area (Å²) in [4.78, 5) is 0. The van der Waals surface area contributed by atoms with Gasteiger partial charge in [0.25, 0.3) is 0 Å². The standard InChI is InChI=1S/C15H15F2N/c1-10-6-3-4-7-12(10)11(2)18-15-13(16)8-5-9-14(15)17/h3-9,11,18H,1-2H3. The summed E-state index contributed by atoms with van der Waals surface area (Å²) in [6.45, 7) is 3.86. The Morgan fingerprint density at radius 1 is 0.944 bits per heavy atom. The summed E-state index contributed by atoms with van der Waals surface area (Å²) in [5, 5.41) is 2.89. The van der Waals surface area contributed by atoms with Gasteiger partial charge in [-0.25, -0.2) is 8.78 Å². The zero-order valence-electron chi connectivity index (χ0n) is 10.4. The van der Waals surface area contributed by atoms with E-state index in [2.05, 4.69) is 5.32 Å². The van der Waals surface area contributed by atoms with Crippen LogP contribution >= 0.6 is 0 Å². The van der Waals surface area contributed by atoms with E-state index >= 15 is 0 Å². The van der Waals surface area contributed by atoms with Gasteiger partial charge in [0.1, 0.15) is 17.3 Å². The van der Waals surface area contributed by atoms with E-state index in [1.807, 2.05) is 38.1 Å². The fourth-order valence-electron chi connectivity index (χ4n) is 2.00. The van der Waals surface area contributed by atoms with Crippen LogP contribution < -0.4 is 5.32 Å². The quantitative estimate of drug-likeness (QED) is 0.845. The summed E-state index contributed by atoms with van der Waals surface area (Å²) >= 11 is 0. The highest BCUT2D eigenvalue weighted by Crippen LogP contribution is 2.25. The van der Waals surface area contributed by atoms with Gasteiger partial charge in [0.2, 0.25) is 0 Å². The number of hydrogen-bond donors (Lipinski definition) is 1. The Labute approximate surface area is 105 Å². The first-order valence-corrected chi connectivity index (χ1v) is 5.85. The molecule has 2 aromatic carbocycles. The first-order chi connectivity index (χ1) is 8.59. The molecule has 2 aromatic rings. The van der Waals surface area contributed by atoms with Gasteiger partial charge < -0.3 is 5.32 Å². The van der Waals surface area contributed by atoms with Crippen LogP contribution in [0.15, 0.2) is 42.5 Å². The highest BCUT2D eigenvalue weighted by atomic mass is 19.1. The minimum Gasteiger partial charge on any atom is -0.374 e. The fourth-order valence-corrected chi connectivity index (χ4v) is 2.00. The number of aryl methyl sites for hydroxylation is 1. The molecule has 1 atom stereocenters. The van der Waals surface area contributed by atoms with Crippen LogP contribution in [0.3, 0.4) is 0 Å². The van der Waals surface area contributed by atoms with Crippen LogP contribution in [0.5, 0.6) is 0 Å². The lowest BCUT2D eigenvalue weighted by Crippen LogP contribution is -2.10. The summed E-state index contributed by atoms with van der Waals surface area (Å²) in [5.41, 5.74) is 2.04. The SMILES string of the molecule is Cc1ccccc1C(C)Nc1c(F)cccc1F. The highest BCUT2D eigenvalue weighted by molar-refractivity contribution is 5.48. The molecule has 0 heterocycles. The smallest absolute Gasteiger partial charge is 0.149 e. The number of anilines is 1. The molecule has 18 heavy (non-hydrogen) atoms. The maximum atomic E-state index is 13.5. The lowest BCUT2D eigenvalue weighted by Gasteiger charge is -2.18. The molecule has 0 aromatic heterocycles. The van der Waals surface area contributed by atoms with E-state index in [1.54, 1.807) is 0 Å². The molecule has 0 spiro atoms. The Bertz CT molecular complexity index is 532. The fraction of sp³-hybridized carbons (Fsp3) is 0.200. The summed E-state index contributed by atoms with van der Waals surface area (Å²) < 4.78 is 27.0. The molecule has 0 amide bonds. The highest BCUT2D eigenvalue weighted by Gasteiger charge is 2.13. The predicted molar refractivity (Wildman–Crippen MR) is 69.6 cm³/mol. The largest absolute Gasteiger partial charge is 0.374 e. The van der Waals surface area contributed by atoms with Gasteiger partial charge in [-0.1, -0.05) is 30.3 Å².